The average Bonchev–Trinajstić information content (AvgIpc) is 3.34. The molecule has 0 aliphatic carbocycles. The molecule has 0 fully saturated rings. The van der Waals surface area contributed by atoms with Crippen molar-refractivity contribution in [1.82, 2.24) is 4.57 Å². The second-order valence-corrected chi connectivity index (χ2v) is 9.35. The van der Waals surface area contributed by atoms with Crippen LogP contribution in [0.5, 0.6) is 0 Å². The summed E-state index contributed by atoms with van der Waals surface area (Å²) in [6.45, 7) is 6.08. The minimum atomic E-state index is -0.719. The van der Waals surface area contributed by atoms with Gasteiger partial charge in [-0.05, 0) is 32.4 Å². The lowest BCUT2D eigenvalue weighted by Crippen LogP contribution is -2.40. The molecule has 36 heavy (non-hydrogen) atoms. The van der Waals surface area contributed by atoms with Crippen LogP contribution < -0.4 is 19.8 Å². The van der Waals surface area contributed by atoms with Gasteiger partial charge < -0.3 is 9.64 Å². The number of carbonyl (C=O) groups excluding carboxylic acids is 2. The van der Waals surface area contributed by atoms with Crippen LogP contribution >= 0.6 is 11.3 Å². The summed E-state index contributed by atoms with van der Waals surface area (Å²) < 4.78 is 7.13. The molecule has 0 unspecified atom stereocenters. The minimum Gasteiger partial charge on any atom is -0.463 e. The highest BCUT2D eigenvalue weighted by molar-refractivity contribution is 7.07. The average molecular weight is 500 g/mol. The van der Waals surface area contributed by atoms with Gasteiger partial charge in [-0.2, -0.15) is 0 Å². The zero-order chi connectivity index (χ0) is 25.4. The highest BCUT2D eigenvalue weighted by atomic mass is 32.1. The molecule has 7 nitrogen and oxygen atoms in total. The summed E-state index contributed by atoms with van der Waals surface area (Å²) in [5.41, 5.74) is 3.26. The number of hydrogen-bond donors (Lipinski definition) is 0. The van der Waals surface area contributed by atoms with E-state index < -0.39 is 12.0 Å². The molecule has 0 spiro atoms. The van der Waals surface area contributed by atoms with Crippen molar-refractivity contribution in [1.29, 1.82) is 0 Å². The number of aromatic nitrogens is 1. The third-order valence-corrected chi connectivity index (χ3v) is 7.33. The van der Waals surface area contributed by atoms with Crippen molar-refractivity contribution in [3.8, 4) is 0 Å². The summed E-state index contributed by atoms with van der Waals surface area (Å²) in [7, 11) is 0. The number of fused-ring (bicyclic) bond motifs is 2. The molecule has 0 saturated carbocycles. The molecule has 2 aromatic carbocycles. The molecule has 2 aliphatic rings. The van der Waals surface area contributed by atoms with Crippen molar-refractivity contribution in [2.75, 3.05) is 18.1 Å². The first-order valence-electron chi connectivity index (χ1n) is 11.8. The second kappa shape index (κ2) is 9.54. The lowest BCUT2D eigenvalue weighted by Gasteiger charge is -2.21. The smallest absolute Gasteiger partial charge is 0.338 e. The summed E-state index contributed by atoms with van der Waals surface area (Å²) in [4.78, 5) is 47.0. The van der Waals surface area contributed by atoms with Gasteiger partial charge in [-0.1, -0.05) is 72.0 Å². The van der Waals surface area contributed by atoms with Crippen molar-refractivity contribution in [3.05, 3.63) is 103 Å². The van der Waals surface area contributed by atoms with Crippen molar-refractivity contribution in [2.24, 2.45) is 4.99 Å². The Morgan fingerprint density at radius 1 is 1.08 bits per heavy atom. The summed E-state index contributed by atoms with van der Waals surface area (Å²) in [5.74, 6) is -0.722. The number of para-hydroxylation sites is 1. The Bertz CT molecular complexity index is 1610. The number of anilines is 1. The summed E-state index contributed by atoms with van der Waals surface area (Å²) in [6, 6.07) is 16.4. The van der Waals surface area contributed by atoms with Crippen molar-refractivity contribution in [3.63, 3.8) is 0 Å². The number of rotatable bonds is 5. The van der Waals surface area contributed by atoms with Crippen LogP contribution in [0.3, 0.4) is 0 Å². The van der Waals surface area contributed by atoms with Gasteiger partial charge in [0.15, 0.2) is 4.80 Å². The molecule has 5 rings (SSSR count). The third kappa shape index (κ3) is 3.83. The van der Waals surface area contributed by atoms with Crippen LogP contribution in [-0.2, 0) is 14.3 Å². The van der Waals surface area contributed by atoms with Crippen LogP contribution in [0.2, 0.25) is 0 Å². The van der Waals surface area contributed by atoms with E-state index in [1.165, 1.54) is 15.9 Å². The molecule has 8 heteroatoms. The topological polar surface area (TPSA) is 81.0 Å². The predicted octanol–water partition coefficient (Wildman–Crippen LogP) is 3.20. The van der Waals surface area contributed by atoms with E-state index >= 15 is 0 Å². The van der Waals surface area contributed by atoms with Gasteiger partial charge in [0.2, 0.25) is 0 Å². The van der Waals surface area contributed by atoms with Gasteiger partial charge >= 0.3 is 5.97 Å². The van der Waals surface area contributed by atoms with E-state index in [1.54, 1.807) is 18.7 Å². The Labute approximate surface area is 212 Å². The summed E-state index contributed by atoms with van der Waals surface area (Å²) >= 11 is 1.17. The van der Waals surface area contributed by atoms with E-state index in [-0.39, 0.29) is 18.1 Å². The summed E-state index contributed by atoms with van der Waals surface area (Å²) in [5, 5.41) is 0. The standard InChI is InChI=1S/C28H25N3O4S/c1-4-30-20-14-10-9-13-19(20)23(25(30)32)24-26(33)31-21(16-15-18-11-7-6-8-12-18)22(27(34)35-5-2)17(3)29-28(31)36-24/h6-16,21H,4-5H2,1-3H3/b16-15-,24-23?/t21-/m0/s1. The highest BCUT2D eigenvalue weighted by Crippen LogP contribution is 2.35. The van der Waals surface area contributed by atoms with Crippen LogP contribution in [-0.4, -0.2) is 29.6 Å². The van der Waals surface area contributed by atoms with Gasteiger partial charge in [0, 0.05) is 12.1 Å². The van der Waals surface area contributed by atoms with Crippen LogP contribution in [0.1, 0.15) is 37.9 Å². The van der Waals surface area contributed by atoms with E-state index in [1.807, 2.05) is 73.7 Å². The molecule has 0 N–H and O–H groups in total. The van der Waals surface area contributed by atoms with E-state index in [0.717, 1.165) is 16.8 Å². The van der Waals surface area contributed by atoms with E-state index in [4.69, 9.17) is 4.74 Å². The van der Waals surface area contributed by atoms with Crippen molar-refractivity contribution >= 4 is 40.5 Å². The van der Waals surface area contributed by atoms with Gasteiger partial charge in [0.1, 0.15) is 4.53 Å². The monoisotopic (exact) mass is 499 g/mol. The zero-order valence-corrected chi connectivity index (χ0v) is 21.0. The number of carbonyl (C=O) groups is 2. The number of amides is 1. The number of nitrogens with zero attached hydrogens (tertiary/aromatic N) is 3. The van der Waals surface area contributed by atoms with E-state index in [9.17, 15) is 14.4 Å². The number of esters is 1. The molecule has 0 saturated heterocycles. The fraction of sp³-hybridized carbons (Fsp3) is 0.214. The fourth-order valence-corrected chi connectivity index (χ4v) is 5.79. The van der Waals surface area contributed by atoms with Crippen LogP contribution in [0.15, 0.2) is 81.7 Å². The maximum atomic E-state index is 13.9. The molecule has 1 aromatic heterocycles. The molecule has 3 heterocycles. The van der Waals surface area contributed by atoms with Crippen LogP contribution in [0, 0.1) is 0 Å². The molecule has 3 aromatic rings. The normalized spacial score (nSPS) is 18.4. The number of allylic oxidation sites excluding steroid dienone is 2. The highest BCUT2D eigenvalue weighted by Gasteiger charge is 2.35. The number of likely N-dealkylation sites (N-methyl/N-ethyl adjacent to an activating group) is 1. The summed E-state index contributed by atoms with van der Waals surface area (Å²) in [6.07, 6.45) is 3.69. The molecule has 0 radical (unpaired) electrons. The Morgan fingerprint density at radius 3 is 2.53 bits per heavy atom. The predicted molar refractivity (Wildman–Crippen MR) is 140 cm³/mol. The molecule has 1 atom stereocenters. The van der Waals surface area contributed by atoms with Gasteiger partial charge in [0.05, 0.1) is 35.2 Å². The number of ether oxygens (including phenoxy) is 1. The zero-order valence-electron chi connectivity index (χ0n) is 20.2. The quantitative estimate of drug-likeness (QED) is 0.505. The molecule has 182 valence electrons. The van der Waals surface area contributed by atoms with Crippen molar-refractivity contribution in [2.45, 2.75) is 26.8 Å². The number of benzene rings is 2. The molecule has 2 aliphatic heterocycles. The largest absolute Gasteiger partial charge is 0.463 e. The van der Waals surface area contributed by atoms with Gasteiger partial charge in [-0.15, -0.1) is 0 Å². The Balaban J connectivity index is 1.76. The maximum Gasteiger partial charge on any atom is 0.338 e. The SMILES string of the molecule is CCOC(=O)C1=C(C)N=c2sc(=C3C(=O)N(CC)c4ccccc43)c(=O)n2[C@H]1/C=C\c1ccccc1. The Hall–Kier alpha value is -4.04. The first-order valence-corrected chi connectivity index (χ1v) is 12.6. The number of hydrogen-bond acceptors (Lipinski definition) is 6. The first-order chi connectivity index (χ1) is 17.5. The Morgan fingerprint density at radius 2 is 1.81 bits per heavy atom. The Kier molecular flexibility index (Phi) is 6.28. The second-order valence-electron chi connectivity index (χ2n) is 8.38. The van der Waals surface area contributed by atoms with Gasteiger partial charge in [-0.3, -0.25) is 14.2 Å². The van der Waals surface area contributed by atoms with Crippen molar-refractivity contribution < 1.29 is 14.3 Å². The van der Waals surface area contributed by atoms with E-state index in [0.29, 0.717) is 32.7 Å². The first kappa shape index (κ1) is 23.7. The third-order valence-electron chi connectivity index (χ3n) is 6.27. The maximum absolute atomic E-state index is 13.9. The minimum absolute atomic E-state index is 0.206. The van der Waals surface area contributed by atoms with E-state index in [2.05, 4.69) is 4.99 Å². The van der Waals surface area contributed by atoms with Gasteiger partial charge in [0.25, 0.3) is 11.5 Å². The molecular weight excluding hydrogens is 474 g/mol. The molecular formula is C28H25N3O4S. The lowest BCUT2D eigenvalue weighted by atomic mass is 10.0. The lowest BCUT2D eigenvalue weighted by molar-refractivity contribution is -0.139. The van der Waals surface area contributed by atoms with Crippen LogP contribution in [0.4, 0.5) is 5.69 Å². The number of thiazole rings is 1. The van der Waals surface area contributed by atoms with Crippen LogP contribution in [0.25, 0.3) is 11.6 Å². The molecule has 0 bridgehead atoms. The fourth-order valence-electron chi connectivity index (χ4n) is 4.65. The van der Waals surface area contributed by atoms with Gasteiger partial charge in [-0.25, -0.2) is 9.79 Å². The molecule has 1 amide bonds.